The molecule has 0 saturated heterocycles. The van der Waals surface area contributed by atoms with Gasteiger partial charge in [0, 0.05) is 28.8 Å². The zero-order valence-corrected chi connectivity index (χ0v) is 16.1. The van der Waals surface area contributed by atoms with Crippen LogP contribution < -0.4 is 9.47 Å². The van der Waals surface area contributed by atoms with E-state index in [-0.39, 0.29) is 5.56 Å². The van der Waals surface area contributed by atoms with Gasteiger partial charge >= 0.3 is 0 Å². The van der Waals surface area contributed by atoms with Crippen molar-refractivity contribution in [2.75, 3.05) is 14.2 Å². The molecule has 0 bridgehead atoms. The Balaban J connectivity index is 2.42. The number of methoxy groups -OCH3 is 2. The van der Waals surface area contributed by atoms with Gasteiger partial charge in [0.05, 0.1) is 25.6 Å². The molecule has 0 fully saturated rings. The SMILES string of the molecule is C=C(C)c1nnc(C)c(-c2ccc(F)cc2F)c1-c1cc(OC)cc(OC)c1. The highest BCUT2D eigenvalue weighted by Crippen LogP contribution is 2.41. The van der Waals surface area contributed by atoms with E-state index < -0.39 is 11.6 Å². The summed E-state index contributed by atoms with van der Waals surface area (Å²) in [5.41, 5.74) is 3.75. The maximum Gasteiger partial charge on any atom is 0.134 e. The Labute approximate surface area is 162 Å². The van der Waals surface area contributed by atoms with E-state index >= 15 is 0 Å². The first-order chi connectivity index (χ1) is 13.3. The Kier molecular flexibility index (Phi) is 5.40. The molecule has 0 unspecified atom stereocenters. The van der Waals surface area contributed by atoms with Crippen molar-refractivity contribution < 1.29 is 18.3 Å². The number of hydrogen-bond acceptors (Lipinski definition) is 4. The van der Waals surface area contributed by atoms with Crippen LogP contribution in [0.1, 0.15) is 18.3 Å². The number of ether oxygens (including phenoxy) is 2. The lowest BCUT2D eigenvalue weighted by atomic mass is 9.90. The first-order valence-electron chi connectivity index (χ1n) is 8.57. The van der Waals surface area contributed by atoms with Crippen LogP contribution in [-0.4, -0.2) is 24.4 Å². The van der Waals surface area contributed by atoms with Crippen LogP contribution >= 0.6 is 0 Å². The fourth-order valence-electron chi connectivity index (χ4n) is 3.08. The minimum atomic E-state index is -0.681. The lowest BCUT2D eigenvalue weighted by Gasteiger charge is -2.18. The summed E-state index contributed by atoms with van der Waals surface area (Å²) in [6, 6.07) is 8.81. The third-order valence-electron chi connectivity index (χ3n) is 4.39. The van der Waals surface area contributed by atoms with Crippen LogP contribution in [-0.2, 0) is 0 Å². The Hall–Kier alpha value is -3.28. The van der Waals surface area contributed by atoms with Crippen molar-refractivity contribution in [3.8, 4) is 33.8 Å². The molecule has 0 amide bonds. The van der Waals surface area contributed by atoms with Crippen molar-refractivity contribution in [2.24, 2.45) is 0 Å². The van der Waals surface area contributed by atoms with Crippen LogP contribution in [0, 0.1) is 18.6 Å². The van der Waals surface area contributed by atoms with Crippen molar-refractivity contribution in [3.63, 3.8) is 0 Å². The van der Waals surface area contributed by atoms with E-state index in [2.05, 4.69) is 16.8 Å². The van der Waals surface area contributed by atoms with Crippen LogP contribution in [0.15, 0.2) is 43.0 Å². The summed E-state index contributed by atoms with van der Waals surface area (Å²) in [5, 5.41) is 8.45. The first kappa shape index (κ1) is 19.5. The van der Waals surface area contributed by atoms with E-state index in [1.54, 1.807) is 46.3 Å². The van der Waals surface area contributed by atoms with Crippen LogP contribution in [0.25, 0.3) is 27.8 Å². The van der Waals surface area contributed by atoms with E-state index in [0.717, 1.165) is 6.07 Å². The lowest BCUT2D eigenvalue weighted by molar-refractivity contribution is 0.394. The molecule has 0 aliphatic carbocycles. The molecule has 2 aromatic carbocycles. The van der Waals surface area contributed by atoms with Gasteiger partial charge in [-0.05, 0) is 49.2 Å². The summed E-state index contributed by atoms with van der Waals surface area (Å²) < 4.78 is 38.9. The van der Waals surface area contributed by atoms with Crippen LogP contribution in [0.3, 0.4) is 0 Å². The van der Waals surface area contributed by atoms with Gasteiger partial charge in [-0.2, -0.15) is 5.10 Å². The molecular weight excluding hydrogens is 362 g/mol. The number of hydrogen-bond donors (Lipinski definition) is 0. The van der Waals surface area contributed by atoms with Gasteiger partial charge in [-0.3, -0.25) is 0 Å². The summed E-state index contributed by atoms with van der Waals surface area (Å²) in [7, 11) is 3.10. The maximum absolute atomic E-state index is 14.7. The number of rotatable bonds is 5. The zero-order chi connectivity index (χ0) is 20.4. The summed E-state index contributed by atoms with van der Waals surface area (Å²) in [6.07, 6.45) is 0. The predicted molar refractivity (Wildman–Crippen MR) is 105 cm³/mol. The van der Waals surface area contributed by atoms with Crippen molar-refractivity contribution in [3.05, 3.63) is 66.0 Å². The molecule has 0 N–H and O–H groups in total. The third-order valence-corrected chi connectivity index (χ3v) is 4.39. The fourth-order valence-corrected chi connectivity index (χ4v) is 3.08. The smallest absolute Gasteiger partial charge is 0.134 e. The normalized spacial score (nSPS) is 10.6. The Bertz CT molecular complexity index is 1040. The highest BCUT2D eigenvalue weighted by molar-refractivity contribution is 5.91. The second-order valence-electron chi connectivity index (χ2n) is 6.39. The first-order valence-corrected chi connectivity index (χ1v) is 8.57. The average Bonchev–Trinajstić information content (AvgIpc) is 2.67. The molecule has 0 radical (unpaired) electrons. The number of nitrogens with zero attached hydrogens (tertiary/aromatic N) is 2. The lowest BCUT2D eigenvalue weighted by Crippen LogP contribution is -2.03. The van der Waals surface area contributed by atoms with Gasteiger partial charge in [-0.1, -0.05) is 6.58 Å². The second-order valence-corrected chi connectivity index (χ2v) is 6.39. The summed E-state index contributed by atoms with van der Waals surface area (Å²) in [5.74, 6) is -0.186. The van der Waals surface area contributed by atoms with E-state index in [9.17, 15) is 8.78 Å². The summed E-state index contributed by atoms with van der Waals surface area (Å²) >= 11 is 0. The van der Waals surface area contributed by atoms with E-state index in [1.165, 1.54) is 12.1 Å². The van der Waals surface area contributed by atoms with Crippen molar-refractivity contribution >= 4 is 5.57 Å². The van der Waals surface area contributed by atoms with Gasteiger partial charge in [-0.25, -0.2) is 8.78 Å². The second kappa shape index (κ2) is 7.76. The Morgan fingerprint density at radius 1 is 0.929 bits per heavy atom. The summed E-state index contributed by atoms with van der Waals surface area (Å²) in [4.78, 5) is 0. The van der Waals surface area contributed by atoms with Crippen molar-refractivity contribution in [2.45, 2.75) is 13.8 Å². The van der Waals surface area contributed by atoms with Crippen LogP contribution in [0.5, 0.6) is 11.5 Å². The molecule has 6 heteroatoms. The van der Waals surface area contributed by atoms with Gasteiger partial charge in [0.25, 0.3) is 0 Å². The van der Waals surface area contributed by atoms with Crippen LogP contribution in [0.4, 0.5) is 8.78 Å². The largest absolute Gasteiger partial charge is 0.497 e. The molecule has 144 valence electrons. The summed E-state index contributed by atoms with van der Waals surface area (Å²) in [6.45, 7) is 7.51. The molecule has 0 spiro atoms. The van der Waals surface area contributed by atoms with E-state index in [1.807, 2.05) is 0 Å². The van der Waals surface area contributed by atoms with Gasteiger partial charge < -0.3 is 9.47 Å². The predicted octanol–water partition coefficient (Wildman–Crippen LogP) is 5.45. The number of aryl methyl sites for hydroxylation is 1. The van der Waals surface area contributed by atoms with Crippen molar-refractivity contribution in [1.29, 1.82) is 0 Å². The number of benzene rings is 2. The zero-order valence-electron chi connectivity index (χ0n) is 16.1. The molecule has 0 aliphatic heterocycles. The highest BCUT2D eigenvalue weighted by atomic mass is 19.1. The van der Waals surface area contributed by atoms with Gasteiger partial charge in [-0.15, -0.1) is 5.10 Å². The Morgan fingerprint density at radius 2 is 1.57 bits per heavy atom. The molecule has 0 aliphatic rings. The third kappa shape index (κ3) is 3.58. The molecular formula is C22H20F2N2O2. The van der Waals surface area contributed by atoms with Gasteiger partial charge in [0.2, 0.25) is 0 Å². The topological polar surface area (TPSA) is 44.2 Å². The molecule has 4 nitrogen and oxygen atoms in total. The maximum atomic E-state index is 14.7. The fraction of sp³-hybridized carbons (Fsp3) is 0.182. The molecule has 0 atom stereocenters. The minimum Gasteiger partial charge on any atom is -0.497 e. The molecule has 3 rings (SSSR count). The molecule has 0 saturated carbocycles. The average molecular weight is 382 g/mol. The number of halogens is 2. The van der Waals surface area contributed by atoms with E-state index in [4.69, 9.17) is 9.47 Å². The van der Waals surface area contributed by atoms with Crippen molar-refractivity contribution in [1.82, 2.24) is 10.2 Å². The number of allylic oxidation sites excluding steroid dienone is 1. The standard InChI is InChI=1S/C22H20F2N2O2/c1-12(2)22-21(14-8-16(27-4)11-17(9-14)28-5)20(13(3)25-26-22)18-7-6-15(23)10-19(18)24/h6-11H,1H2,2-5H3. The Morgan fingerprint density at radius 3 is 2.11 bits per heavy atom. The molecule has 3 aromatic rings. The monoisotopic (exact) mass is 382 g/mol. The molecule has 28 heavy (non-hydrogen) atoms. The van der Waals surface area contributed by atoms with Gasteiger partial charge in [0.15, 0.2) is 0 Å². The minimum absolute atomic E-state index is 0.230. The number of aromatic nitrogens is 2. The van der Waals surface area contributed by atoms with Gasteiger partial charge in [0.1, 0.15) is 23.1 Å². The molecule has 1 heterocycles. The van der Waals surface area contributed by atoms with E-state index in [0.29, 0.717) is 45.2 Å². The quantitative estimate of drug-likeness (QED) is 0.589. The van der Waals surface area contributed by atoms with Crippen LogP contribution in [0.2, 0.25) is 0 Å². The highest BCUT2D eigenvalue weighted by Gasteiger charge is 2.22. The molecule has 1 aromatic heterocycles.